The molecular weight excluding hydrogens is 222 g/mol. The largest absolute Gasteiger partial charge is 0.351 e. The van der Waals surface area contributed by atoms with Gasteiger partial charge in [0.25, 0.3) is 0 Å². The molecule has 4 heteroatoms. The fourth-order valence-electron chi connectivity index (χ4n) is 2.92. The van der Waals surface area contributed by atoms with Gasteiger partial charge in [-0.05, 0) is 30.9 Å². The Morgan fingerprint density at radius 1 is 1.44 bits per heavy atom. The Labute approximate surface area is 101 Å². The normalized spacial score (nSPS) is 29.2. The van der Waals surface area contributed by atoms with Gasteiger partial charge in [0.05, 0.1) is 5.02 Å². The number of hydrogen-bond donors (Lipinski definition) is 1. The Bertz CT molecular complexity index is 382. The molecule has 1 aromatic heterocycles. The Morgan fingerprint density at radius 3 is 3.25 bits per heavy atom. The smallest absolute Gasteiger partial charge is 0.147 e. The molecule has 2 fully saturated rings. The second kappa shape index (κ2) is 4.22. The Kier molecular flexibility index (Phi) is 2.74. The van der Waals surface area contributed by atoms with Gasteiger partial charge in [-0.1, -0.05) is 11.6 Å². The molecule has 3 heterocycles. The maximum Gasteiger partial charge on any atom is 0.147 e. The van der Waals surface area contributed by atoms with Crippen LogP contribution in [0.25, 0.3) is 0 Å². The molecule has 0 saturated carbocycles. The summed E-state index contributed by atoms with van der Waals surface area (Å²) < 4.78 is 0. The number of halogens is 1. The highest BCUT2D eigenvalue weighted by Crippen LogP contribution is 2.33. The van der Waals surface area contributed by atoms with Crippen LogP contribution in [0.15, 0.2) is 18.3 Å². The monoisotopic (exact) mass is 237 g/mol. The van der Waals surface area contributed by atoms with Crippen LogP contribution in [-0.2, 0) is 0 Å². The summed E-state index contributed by atoms with van der Waals surface area (Å²) in [6.45, 7) is 3.29. The molecule has 3 nitrogen and oxygen atoms in total. The third kappa shape index (κ3) is 1.68. The molecule has 0 radical (unpaired) electrons. The average Bonchev–Trinajstić information content (AvgIpc) is 2.77. The van der Waals surface area contributed by atoms with Crippen molar-refractivity contribution < 1.29 is 0 Å². The average molecular weight is 238 g/mol. The number of aromatic nitrogens is 1. The minimum absolute atomic E-state index is 0.584. The molecule has 0 bridgehead atoms. The lowest BCUT2D eigenvalue weighted by Gasteiger charge is -2.38. The number of pyridine rings is 1. The van der Waals surface area contributed by atoms with Crippen LogP contribution in [0.4, 0.5) is 5.82 Å². The van der Waals surface area contributed by atoms with Crippen molar-refractivity contribution in [3.05, 3.63) is 23.4 Å². The fraction of sp³-hybridized carbons (Fsp3) is 0.583. The zero-order valence-corrected chi connectivity index (χ0v) is 9.95. The van der Waals surface area contributed by atoms with Crippen LogP contribution in [0.3, 0.4) is 0 Å². The summed E-state index contributed by atoms with van der Waals surface area (Å²) in [5, 5.41) is 4.24. The van der Waals surface area contributed by atoms with E-state index in [4.69, 9.17) is 11.6 Å². The summed E-state index contributed by atoms with van der Waals surface area (Å²) in [6, 6.07) is 4.40. The molecular formula is C12H16ClN3. The molecule has 86 valence electrons. The first-order valence-electron chi connectivity index (χ1n) is 5.94. The molecule has 2 saturated heterocycles. The number of fused-ring (bicyclic) bond motifs is 1. The first kappa shape index (κ1) is 10.4. The summed E-state index contributed by atoms with van der Waals surface area (Å²) in [6.07, 6.45) is 4.40. The van der Waals surface area contributed by atoms with E-state index in [-0.39, 0.29) is 0 Å². The second-order valence-electron chi connectivity index (χ2n) is 4.63. The molecule has 0 amide bonds. The van der Waals surface area contributed by atoms with Gasteiger partial charge in [-0.3, -0.25) is 0 Å². The van der Waals surface area contributed by atoms with E-state index in [1.165, 1.54) is 12.8 Å². The highest BCUT2D eigenvalue weighted by molar-refractivity contribution is 6.32. The van der Waals surface area contributed by atoms with E-state index >= 15 is 0 Å². The summed E-state index contributed by atoms with van der Waals surface area (Å²) in [7, 11) is 0. The van der Waals surface area contributed by atoms with Crippen molar-refractivity contribution in [1.82, 2.24) is 10.3 Å². The van der Waals surface area contributed by atoms with Crippen LogP contribution in [0.5, 0.6) is 0 Å². The number of anilines is 1. The SMILES string of the molecule is Clc1cccnc1N1CCCC2CNCC21. The molecule has 2 atom stereocenters. The summed E-state index contributed by atoms with van der Waals surface area (Å²) in [5.74, 6) is 1.73. The minimum Gasteiger partial charge on any atom is -0.351 e. The maximum atomic E-state index is 6.22. The summed E-state index contributed by atoms with van der Waals surface area (Å²) in [5.41, 5.74) is 0. The van der Waals surface area contributed by atoms with Crippen LogP contribution in [0.2, 0.25) is 5.02 Å². The van der Waals surface area contributed by atoms with E-state index in [0.717, 1.165) is 36.4 Å². The van der Waals surface area contributed by atoms with E-state index in [2.05, 4.69) is 15.2 Å². The predicted octanol–water partition coefficient (Wildman–Crippen LogP) is 1.92. The zero-order chi connectivity index (χ0) is 11.0. The van der Waals surface area contributed by atoms with Crippen molar-refractivity contribution in [2.24, 2.45) is 5.92 Å². The van der Waals surface area contributed by atoms with E-state index < -0.39 is 0 Å². The highest BCUT2D eigenvalue weighted by Gasteiger charge is 2.36. The van der Waals surface area contributed by atoms with Gasteiger partial charge in [-0.15, -0.1) is 0 Å². The molecule has 0 spiro atoms. The molecule has 2 aliphatic heterocycles. The van der Waals surface area contributed by atoms with Gasteiger partial charge in [0.2, 0.25) is 0 Å². The van der Waals surface area contributed by atoms with Crippen LogP contribution in [0, 0.1) is 5.92 Å². The summed E-state index contributed by atoms with van der Waals surface area (Å²) >= 11 is 6.22. The van der Waals surface area contributed by atoms with Crippen molar-refractivity contribution >= 4 is 17.4 Å². The topological polar surface area (TPSA) is 28.2 Å². The van der Waals surface area contributed by atoms with E-state index in [9.17, 15) is 0 Å². The van der Waals surface area contributed by atoms with Crippen LogP contribution < -0.4 is 10.2 Å². The molecule has 2 aliphatic rings. The van der Waals surface area contributed by atoms with Gasteiger partial charge in [-0.2, -0.15) is 0 Å². The van der Waals surface area contributed by atoms with Crippen molar-refractivity contribution in [2.45, 2.75) is 18.9 Å². The first-order chi connectivity index (χ1) is 7.86. The lowest BCUT2D eigenvalue weighted by atomic mass is 9.92. The van der Waals surface area contributed by atoms with Crippen LogP contribution >= 0.6 is 11.6 Å². The number of nitrogens with one attached hydrogen (secondary N) is 1. The lowest BCUT2D eigenvalue weighted by molar-refractivity contribution is 0.383. The quantitative estimate of drug-likeness (QED) is 0.809. The maximum absolute atomic E-state index is 6.22. The van der Waals surface area contributed by atoms with Gasteiger partial charge in [0.1, 0.15) is 5.82 Å². The third-order valence-electron chi connectivity index (χ3n) is 3.69. The van der Waals surface area contributed by atoms with Gasteiger partial charge >= 0.3 is 0 Å². The number of nitrogens with zero attached hydrogens (tertiary/aromatic N) is 2. The predicted molar refractivity (Wildman–Crippen MR) is 66.0 cm³/mol. The van der Waals surface area contributed by atoms with Crippen molar-refractivity contribution in [3.63, 3.8) is 0 Å². The van der Waals surface area contributed by atoms with Crippen molar-refractivity contribution in [3.8, 4) is 0 Å². The summed E-state index contributed by atoms with van der Waals surface area (Å²) in [4.78, 5) is 6.81. The molecule has 16 heavy (non-hydrogen) atoms. The molecule has 2 unspecified atom stereocenters. The van der Waals surface area contributed by atoms with Crippen molar-refractivity contribution in [2.75, 3.05) is 24.5 Å². The third-order valence-corrected chi connectivity index (χ3v) is 3.98. The highest BCUT2D eigenvalue weighted by atomic mass is 35.5. The van der Waals surface area contributed by atoms with E-state index in [1.54, 1.807) is 0 Å². The molecule has 1 aromatic rings. The van der Waals surface area contributed by atoms with Crippen molar-refractivity contribution in [1.29, 1.82) is 0 Å². The number of piperidine rings is 1. The standard InChI is InChI=1S/C12H16ClN3/c13-10-4-1-5-15-12(10)16-6-2-3-9-7-14-8-11(9)16/h1,4-5,9,11,14H,2-3,6-8H2. The Hall–Kier alpha value is -0.800. The number of rotatable bonds is 1. The molecule has 1 N–H and O–H groups in total. The lowest BCUT2D eigenvalue weighted by Crippen LogP contribution is -2.45. The minimum atomic E-state index is 0.584. The molecule has 3 rings (SSSR count). The van der Waals surface area contributed by atoms with E-state index in [0.29, 0.717) is 6.04 Å². The first-order valence-corrected chi connectivity index (χ1v) is 6.32. The van der Waals surface area contributed by atoms with E-state index in [1.807, 2.05) is 18.3 Å². The second-order valence-corrected chi connectivity index (χ2v) is 5.04. The zero-order valence-electron chi connectivity index (χ0n) is 9.19. The van der Waals surface area contributed by atoms with Crippen LogP contribution in [0.1, 0.15) is 12.8 Å². The van der Waals surface area contributed by atoms with Gasteiger partial charge in [0, 0.05) is 31.9 Å². The van der Waals surface area contributed by atoms with Crippen LogP contribution in [-0.4, -0.2) is 30.7 Å². The van der Waals surface area contributed by atoms with Gasteiger partial charge in [0.15, 0.2) is 0 Å². The van der Waals surface area contributed by atoms with Gasteiger partial charge in [-0.25, -0.2) is 4.98 Å². The fourth-order valence-corrected chi connectivity index (χ4v) is 3.15. The Balaban J connectivity index is 1.91. The van der Waals surface area contributed by atoms with Gasteiger partial charge < -0.3 is 10.2 Å². The molecule has 0 aliphatic carbocycles. The Morgan fingerprint density at radius 2 is 2.38 bits per heavy atom. The molecule has 0 aromatic carbocycles. The number of hydrogen-bond acceptors (Lipinski definition) is 3.